The van der Waals surface area contributed by atoms with Gasteiger partial charge in [-0.25, -0.2) is 4.98 Å². The van der Waals surface area contributed by atoms with E-state index < -0.39 is 0 Å². The van der Waals surface area contributed by atoms with Crippen LogP contribution in [-0.2, 0) is 5.54 Å². The monoisotopic (exact) mass is 252 g/mol. The second-order valence-corrected chi connectivity index (χ2v) is 7.37. The van der Waals surface area contributed by atoms with Crippen LogP contribution in [0, 0.1) is 12.3 Å². The van der Waals surface area contributed by atoms with Gasteiger partial charge < -0.3 is 5.32 Å². The van der Waals surface area contributed by atoms with Crippen molar-refractivity contribution in [1.29, 1.82) is 0 Å². The average molecular weight is 252 g/mol. The third-order valence-electron chi connectivity index (χ3n) is 3.60. The van der Waals surface area contributed by atoms with Gasteiger partial charge in [-0.15, -0.1) is 11.3 Å². The molecular weight excluding hydrogens is 228 g/mol. The Morgan fingerprint density at radius 3 is 2.47 bits per heavy atom. The summed E-state index contributed by atoms with van der Waals surface area (Å²) in [4.78, 5) is 4.74. The van der Waals surface area contributed by atoms with Crippen molar-refractivity contribution in [2.24, 2.45) is 5.41 Å². The molecule has 2 rings (SSSR count). The first-order valence-electron chi connectivity index (χ1n) is 6.53. The van der Waals surface area contributed by atoms with E-state index in [-0.39, 0.29) is 5.54 Å². The minimum Gasteiger partial charge on any atom is -0.303 e. The van der Waals surface area contributed by atoms with Gasteiger partial charge in [-0.2, -0.15) is 0 Å². The van der Waals surface area contributed by atoms with Gasteiger partial charge in [-0.05, 0) is 45.4 Å². The van der Waals surface area contributed by atoms with Crippen molar-refractivity contribution in [3.8, 4) is 0 Å². The lowest BCUT2D eigenvalue weighted by Gasteiger charge is -2.32. The summed E-state index contributed by atoms with van der Waals surface area (Å²) in [5.41, 5.74) is 1.71. The molecule has 0 spiro atoms. The van der Waals surface area contributed by atoms with Gasteiger partial charge >= 0.3 is 0 Å². The number of aromatic nitrogens is 1. The van der Waals surface area contributed by atoms with Crippen molar-refractivity contribution in [2.45, 2.75) is 65.5 Å². The molecule has 1 aromatic rings. The Kier molecular flexibility index (Phi) is 3.34. The van der Waals surface area contributed by atoms with E-state index in [2.05, 4.69) is 45.3 Å². The Morgan fingerprint density at radius 1 is 1.35 bits per heavy atom. The van der Waals surface area contributed by atoms with Crippen LogP contribution in [0.3, 0.4) is 0 Å². The Morgan fingerprint density at radius 2 is 2.06 bits per heavy atom. The van der Waals surface area contributed by atoms with Crippen LogP contribution in [0.2, 0.25) is 0 Å². The summed E-state index contributed by atoms with van der Waals surface area (Å²) in [7, 11) is 0. The highest BCUT2D eigenvalue weighted by atomic mass is 32.1. The summed E-state index contributed by atoms with van der Waals surface area (Å²) < 4.78 is 0. The summed E-state index contributed by atoms with van der Waals surface area (Å²) in [6.45, 7) is 11.3. The van der Waals surface area contributed by atoms with E-state index in [1.807, 2.05) is 11.3 Å². The molecule has 1 aromatic heterocycles. The van der Waals surface area contributed by atoms with Crippen molar-refractivity contribution in [2.75, 3.05) is 0 Å². The summed E-state index contributed by atoms with van der Waals surface area (Å²) in [5.74, 6) is 0. The SMILES string of the molecule is Cc1csc(C2(NC(C)C)CCC(C)(C)C2)n1. The average Bonchev–Trinajstić information content (AvgIpc) is 2.71. The number of nitrogens with zero attached hydrogens (tertiary/aromatic N) is 1. The molecule has 0 radical (unpaired) electrons. The maximum atomic E-state index is 4.74. The molecule has 1 N–H and O–H groups in total. The highest BCUT2D eigenvalue weighted by molar-refractivity contribution is 7.09. The van der Waals surface area contributed by atoms with Gasteiger partial charge in [0.25, 0.3) is 0 Å². The van der Waals surface area contributed by atoms with Crippen molar-refractivity contribution >= 4 is 11.3 Å². The zero-order valence-electron chi connectivity index (χ0n) is 11.6. The van der Waals surface area contributed by atoms with Crippen LogP contribution in [0.4, 0.5) is 0 Å². The van der Waals surface area contributed by atoms with E-state index in [9.17, 15) is 0 Å². The Hall–Kier alpha value is -0.410. The van der Waals surface area contributed by atoms with Gasteiger partial charge in [0.1, 0.15) is 5.01 Å². The molecule has 17 heavy (non-hydrogen) atoms. The Balaban J connectivity index is 2.32. The smallest absolute Gasteiger partial charge is 0.113 e. The highest BCUT2D eigenvalue weighted by Crippen LogP contribution is 2.49. The molecule has 96 valence electrons. The molecule has 1 aliphatic rings. The zero-order valence-corrected chi connectivity index (χ0v) is 12.4. The molecule has 0 aromatic carbocycles. The van der Waals surface area contributed by atoms with Gasteiger partial charge in [-0.1, -0.05) is 13.8 Å². The molecule has 0 saturated heterocycles. The first kappa shape index (κ1) is 13.0. The lowest BCUT2D eigenvalue weighted by atomic mass is 9.87. The van der Waals surface area contributed by atoms with Crippen molar-refractivity contribution in [3.63, 3.8) is 0 Å². The van der Waals surface area contributed by atoms with Gasteiger partial charge in [0.15, 0.2) is 0 Å². The lowest BCUT2D eigenvalue weighted by molar-refractivity contribution is 0.270. The molecule has 0 aliphatic heterocycles. The standard InChI is InChI=1S/C14H24N2S/c1-10(2)16-14(7-6-13(4,5)9-14)12-15-11(3)8-17-12/h8,10,16H,6-7,9H2,1-5H3. The van der Waals surface area contributed by atoms with Gasteiger partial charge in [0.2, 0.25) is 0 Å². The Bertz CT molecular complexity index is 395. The molecule has 0 bridgehead atoms. The van der Waals surface area contributed by atoms with E-state index in [4.69, 9.17) is 4.98 Å². The minimum absolute atomic E-state index is 0.122. The highest BCUT2D eigenvalue weighted by Gasteiger charge is 2.46. The second-order valence-electron chi connectivity index (χ2n) is 6.52. The quantitative estimate of drug-likeness (QED) is 0.883. The fourth-order valence-electron chi connectivity index (χ4n) is 3.04. The maximum absolute atomic E-state index is 4.74. The fourth-order valence-corrected chi connectivity index (χ4v) is 4.03. The molecular formula is C14H24N2S. The topological polar surface area (TPSA) is 24.9 Å². The first-order valence-corrected chi connectivity index (χ1v) is 7.41. The number of aryl methyl sites for hydroxylation is 1. The summed E-state index contributed by atoms with van der Waals surface area (Å²) in [6, 6.07) is 0.508. The van der Waals surface area contributed by atoms with Gasteiger partial charge in [-0.3, -0.25) is 0 Å². The van der Waals surface area contributed by atoms with Crippen LogP contribution in [0.5, 0.6) is 0 Å². The van der Waals surface area contributed by atoms with Crippen molar-refractivity contribution in [3.05, 3.63) is 16.1 Å². The predicted molar refractivity (Wildman–Crippen MR) is 74.4 cm³/mol. The molecule has 0 amide bonds. The van der Waals surface area contributed by atoms with Crippen LogP contribution < -0.4 is 5.32 Å². The van der Waals surface area contributed by atoms with Crippen LogP contribution in [0.15, 0.2) is 5.38 Å². The minimum atomic E-state index is 0.122. The third kappa shape index (κ3) is 2.71. The number of thiazole rings is 1. The van der Waals surface area contributed by atoms with E-state index in [1.54, 1.807) is 0 Å². The normalized spacial score (nSPS) is 27.9. The first-order chi connectivity index (χ1) is 7.83. The van der Waals surface area contributed by atoms with Crippen LogP contribution in [-0.4, -0.2) is 11.0 Å². The van der Waals surface area contributed by atoms with E-state index in [0.29, 0.717) is 11.5 Å². The second kappa shape index (κ2) is 4.36. The largest absolute Gasteiger partial charge is 0.303 e. The molecule has 1 saturated carbocycles. The van der Waals surface area contributed by atoms with Crippen LogP contribution in [0.25, 0.3) is 0 Å². The van der Waals surface area contributed by atoms with Gasteiger partial charge in [0.05, 0.1) is 5.54 Å². The Labute approximate surface area is 109 Å². The fraction of sp³-hybridized carbons (Fsp3) is 0.786. The van der Waals surface area contributed by atoms with E-state index >= 15 is 0 Å². The zero-order chi connectivity index (χ0) is 12.7. The van der Waals surface area contributed by atoms with Crippen LogP contribution >= 0.6 is 11.3 Å². The summed E-state index contributed by atoms with van der Waals surface area (Å²) in [5, 5.41) is 7.25. The van der Waals surface area contributed by atoms with E-state index in [1.165, 1.54) is 24.3 Å². The molecule has 1 aliphatic carbocycles. The van der Waals surface area contributed by atoms with E-state index in [0.717, 1.165) is 5.69 Å². The number of hydrogen-bond donors (Lipinski definition) is 1. The lowest BCUT2D eigenvalue weighted by Crippen LogP contribution is -2.44. The molecule has 2 nitrogen and oxygen atoms in total. The molecule has 1 heterocycles. The van der Waals surface area contributed by atoms with Crippen LogP contribution in [0.1, 0.15) is 57.7 Å². The summed E-state index contributed by atoms with van der Waals surface area (Å²) in [6.07, 6.45) is 3.70. The molecule has 1 unspecified atom stereocenters. The van der Waals surface area contributed by atoms with Gasteiger partial charge in [0, 0.05) is 17.1 Å². The predicted octanol–water partition coefficient (Wildman–Crippen LogP) is 3.85. The van der Waals surface area contributed by atoms with Crippen molar-refractivity contribution < 1.29 is 0 Å². The maximum Gasteiger partial charge on any atom is 0.113 e. The summed E-state index contributed by atoms with van der Waals surface area (Å²) >= 11 is 1.81. The molecule has 1 atom stereocenters. The molecule has 3 heteroatoms. The number of rotatable bonds is 3. The van der Waals surface area contributed by atoms with Crippen molar-refractivity contribution in [1.82, 2.24) is 10.3 Å². The third-order valence-corrected chi connectivity index (χ3v) is 4.77. The number of hydrogen-bond acceptors (Lipinski definition) is 3. The number of nitrogens with one attached hydrogen (secondary N) is 1. The molecule has 1 fully saturated rings.